The number of benzene rings is 1. The number of rotatable bonds is 4. The van der Waals surface area contributed by atoms with Crippen LogP contribution in [0.5, 0.6) is 0 Å². The van der Waals surface area contributed by atoms with Crippen molar-refractivity contribution in [1.82, 2.24) is 19.6 Å². The van der Waals surface area contributed by atoms with Gasteiger partial charge in [-0.3, -0.25) is 19.4 Å². The van der Waals surface area contributed by atoms with E-state index in [-0.39, 0.29) is 0 Å². The molecule has 10 nitrogen and oxygen atoms in total. The van der Waals surface area contributed by atoms with Gasteiger partial charge in [0.1, 0.15) is 12.2 Å². The summed E-state index contributed by atoms with van der Waals surface area (Å²) in [5.41, 5.74) is 9.00. The van der Waals surface area contributed by atoms with E-state index in [0.29, 0.717) is 18.3 Å². The molecular weight excluding hydrogens is 398 g/mol. The highest BCUT2D eigenvalue weighted by atomic mass is 16.2. The summed E-state index contributed by atoms with van der Waals surface area (Å²) in [7, 11) is 1.53. The number of primary amides is 1. The third-order valence-electron chi connectivity index (χ3n) is 5.50. The number of urea groups is 1. The van der Waals surface area contributed by atoms with Gasteiger partial charge < -0.3 is 5.73 Å². The molecule has 1 atom stereocenters. The largest absolute Gasteiger partial charge is 0.421 e. The van der Waals surface area contributed by atoms with Crippen molar-refractivity contribution in [1.29, 1.82) is 0 Å². The second kappa shape index (κ2) is 7.46. The number of hydrogen-bond acceptors (Lipinski definition) is 5. The summed E-state index contributed by atoms with van der Waals surface area (Å²) in [6, 6.07) is 8.26. The van der Waals surface area contributed by atoms with E-state index in [1.54, 1.807) is 4.68 Å². The number of amidine groups is 1. The summed E-state index contributed by atoms with van der Waals surface area (Å²) in [5, 5.41) is 4.53. The molecular formula is C21H24N7O3+. The lowest BCUT2D eigenvalue weighted by molar-refractivity contribution is -0.553. The van der Waals surface area contributed by atoms with Crippen LogP contribution >= 0.6 is 0 Å². The topological polar surface area (TPSA) is 117 Å². The van der Waals surface area contributed by atoms with Crippen molar-refractivity contribution in [2.24, 2.45) is 10.7 Å². The minimum absolute atomic E-state index is 0.298. The number of carbonyl (C=O) groups is 3. The molecule has 0 spiro atoms. The zero-order valence-corrected chi connectivity index (χ0v) is 17.9. The van der Waals surface area contributed by atoms with Crippen molar-refractivity contribution in [2.45, 2.75) is 33.4 Å². The van der Waals surface area contributed by atoms with Crippen molar-refractivity contribution in [3.63, 3.8) is 0 Å². The van der Waals surface area contributed by atoms with Crippen molar-refractivity contribution < 1.29 is 19.0 Å². The quantitative estimate of drug-likeness (QED) is 0.717. The van der Waals surface area contributed by atoms with Gasteiger partial charge >= 0.3 is 12.0 Å². The highest BCUT2D eigenvalue weighted by Crippen LogP contribution is 2.23. The first-order valence-corrected chi connectivity index (χ1v) is 9.86. The van der Waals surface area contributed by atoms with E-state index in [2.05, 4.69) is 10.1 Å². The van der Waals surface area contributed by atoms with Crippen LogP contribution in [0.4, 0.5) is 4.79 Å². The normalized spacial score (nSPS) is 18.6. The van der Waals surface area contributed by atoms with Crippen LogP contribution in [0.25, 0.3) is 0 Å². The average Bonchev–Trinajstić information content (AvgIpc) is 3.24. The highest BCUT2D eigenvalue weighted by molar-refractivity contribution is 6.23. The number of imide groups is 1. The zero-order valence-electron chi connectivity index (χ0n) is 17.9. The van der Waals surface area contributed by atoms with Crippen molar-refractivity contribution >= 4 is 29.6 Å². The minimum Gasteiger partial charge on any atom is -0.368 e. The molecule has 4 rings (SSSR count). The number of hydrogen-bond donors (Lipinski definition) is 1. The summed E-state index contributed by atoms with van der Waals surface area (Å²) in [6.07, 6.45) is 0. The van der Waals surface area contributed by atoms with Crippen LogP contribution in [-0.4, -0.2) is 73.4 Å². The standard InChI is InChI=1S/C21H23N7O3/c1-12-7-5-6-8-15(12)10-26-17-18(23-20(26)28-14(3)9-13(2)24-28)25(4)21(31)27(19(17)30)11-16(22)29/h5-9,17H,10-11H2,1-4H3,(H-,22,29)/p+1. The minimum atomic E-state index is -0.874. The third kappa shape index (κ3) is 3.39. The molecule has 1 aromatic carbocycles. The maximum absolute atomic E-state index is 13.4. The number of aryl methyl sites for hydroxylation is 3. The lowest BCUT2D eigenvalue weighted by Gasteiger charge is -2.33. The van der Waals surface area contributed by atoms with E-state index >= 15 is 0 Å². The predicted molar refractivity (Wildman–Crippen MR) is 113 cm³/mol. The van der Waals surface area contributed by atoms with Crippen LogP contribution in [0.15, 0.2) is 35.3 Å². The fourth-order valence-electron chi connectivity index (χ4n) is 3.94. The number of aromatic nitrogens is 2. The van der Waals surface area contributed by atoms with Crippen molar-refractivity contribution in [3.8, 4) is 0 Å². The molecule has 1 aromatic heterocycles. The molecule has 2 aliphatic rings. The fraction of sp³-hybridized carbons (Fsp3) is 0.333. The summed E-state index contributed by atoms with van der Waals surface area (Å²) < 4.78 is 3.49. The Bertz CT molecular complexity index is 1180. The van der Waals surface area contributed by atoms with Gasteiger partial charge in [0.15, 0.2) is 0 Å². The van der Waals surface area contributed by atoms with Gasteiger partial charge in [0.2, 0.25) is 17.8 Å². The first-order valence-electron chi connectivity index (χ1n) is 9.86. The molecule has 2 aromatic rings. The number of fused-ring (bicyclic) bond motifs is 1. The molecule has 4 amide bonds. The van der Waals surface area contributed by atoms with Gasteiger partial charge in [-0.25, -0.2) is 9.37 Å². The average molecular weight is 422 g/mol. The lowest BCUT2D eigenvalue weighted by atomic mass is 10.1. The van der Waals surface area contributed by atoms with Gasteiger partial charge in [-0.05, 0) is 38.0 Å². The molecule has 10 heteroatoms. The SMILES string of the molecule is Cc1cc(C)n(C2=[N+](Cc3ccccc3C)C3C(=O)N(CC(N)=O)C(=O)N(C)C3=N2)n1. The number of aliphatic imine (C=N–C) groups is 1. The monoisotopic (exact) mass is 422 g/mol. The molecule has 0 saturated carbocycles. The molecule has 2 N–H and O–H groups in total. The van der Waals surface area contributed by atoms with Gasteiger partial charge in [-0.1, -0.05) is 29.3 Å². The Kier molecular flexibility index (Phi) is 4.92. The highest BCUT2D eigenvalue weighted by Gasteiger charge is 2.53. The van der Waals surface area contributed by atoms with E-state index in [1.807, 2.05) is 55.7 Å². The summed E-state index contributed by atoms with van der Waals surface area (Å²) >= 11 is 0. The maximum atomic E-state index is 13.4. The van der Waals surface area contributed by atoms with Crippen LogP contribution in [0.1, 0.15) is 22.5 Å². The molecule has 160 valence electrons. The molecule has 1 fully saturated rings. The lowest BCUT2D eigenvalue weighted by Crippen LogP contribution is -2.63. The summed E-state index contributed by atoms with van der Waals surface area (Å²) in [6.45, 7) is 5.65. The van der Waals surface area contributed by atoms with Gasteiger partial charge in [-0.2, -0.15) is 0 Å². The molecule has 31 heavy (non-hydrogen) atoms. The van der Waals surface area contributed by atoms with E-state index in [9.17, 15) is 14.4 Å². The van der Waals surface area contributed by atoms with Gasteiger partial charge in [0, 0.05) is 7.05 Å². The molecule has 0 radical (unpaired) electrons. The smallest absolute Gasteiger partial charge is 0.368 e. The van der Waals surface area contributed by atoms with Gasteiger partial charge in [0.25, 0.3) is 5.91 Å². The van der Waals surface area contributed by atoms with Crippen LogP contribution in [0, 0.1) is 20.8 Å². The number of carbonyl (C=O) groups excluding carboxylic acids is 3. The molecule has 2 aliphatic heterocycles. The van der Waals surface area contributed by atoms with E-state index < -0.39 is 30.4 Å². The molecule has 0 aliphatic carbocycles. The molecule has 1 saturated heterocycles. The molecule has 3 heterocycles. The van der Waals surface area contributed by atoms with Crippen LogP contribution in [-0.2, 0) is 16.1 Å². The Morgan fingerprint density at radius 3 is 2.52 bits per heavy atom. The van der Waals surface area contributed by atoms with Crippen LogP contribution in [0.3, 0.4) is 0 Å². The van der Waals surface area contributed by atoms with E-state index in [4.69, 9.17) is 5.73 Å². The van der Waals surface area contributed by atoms with Gasteiger partial charge in [-0.15, -0.1) is 9.78 Å². The Hall–Kier alpha value is -3.82. The Balaban J connectivity index is 1.88. The first-order chi connectivity index (χ1) is 14.7. The molecule has 0 bridgehead atoms. The Morgan fingerprint density at radius 1 is 1.19 bits per heavy atom. The Labute approximate surface area is 179 Å². The predicted octanol–water partition coefficient (Wildman–Crippen LogP) is 0.385. The second-order valence-electron chi connectivity index (χ2n) is 7.80. The summed E-state index contributed by atoms with van der Waals surface area (Å²) in [4.78, 5) is 44.4. The van der Waals surface area contributed by atoms with Crippen molar-refractivity contribution in [2.75, 3.05) is 13.6 Å². The van der Waals surface area contributed by atoms with Crippen molar-refractivity contribution in [3.05, 3.63) is 52.8 Å². The summed E-state index contributed by atoms with van der Waals surface area (Å²) in [5.74, 6) is -0.554. The number of nitrogens with two attached hydrogens (primary N) is 1. The third-order valence-corrected chi connectivity index (χ3v) is 5.50. The van der Waals surface area contributed by atoms with E-state index in [1.165, 1.54) is 11.9 Å². The zero-order chi connectivity index (χ0) is 22.4. The van der Waals surface area contributed by atoms with E-state index in [0.717, 1.165) is 27.4 Å². The number of amides is 4. The van der Waals surface area contributed by atoms with Crippen LogP contribution < -0.4 is 5.73 Å². The maximum Gasteiger partial charge on any atom is 0.421 e. The first kappa shape index (κ1) is 20.5. The molecule has 1 unspecified atom stereocenters. The van der Waals surface area contributed by atoms with Gasteiger partial charge in [0.05, 0.1) is 12.2 Å². The number of nitrogens with zero attached hydrogens (tertiary/aromatic N) is 6. The van der Waals surface area contributed by atoms with Crippen LogP contribution in [0.2, 0.25) is 0 Å². The fourth-order valence-corrected chi connectivity index (χ4v) is 3.94. The second-order valence-corrected chi connectivity index (χ2v) is 7.80. The number of likely N-dealkylation sites (N-methyl/N-ethyl adjacent to an activating group) is 1. The Morgan fingerprint density at radius 2 is 1.90 bits per heavy atom.